The number of benzene rings is 1. The predicted molar refractivity (Wildman–Crippen MR) is 124 cm³/mol. The maximum absolute atomic E-state index is 11.6. The number of nitrogens with zero attached hydrogens (tertiary/aromatic N) is 1. The lowest BCUT2D eigenvalue weighted by molar-refractivity contribution is -0.121. The second-order valence-electron chi connectivity index (χ2n) is 7.21. The summed E-state index contributed by atoms with van der Waals surface area (Å²) in [5.74, 6) is 5.14. The van der Waals surface area contributed by atoms with Crippen molar-refractivity contribution in [2.45, 2.75) is 19.4 Å². The molecule has 178 valence electrons. The zero-order valence-electron chi connectivity index (χ0n) is 19.5. The van der Waals surface area contributed by atoms with Crippen molar-refractivity contribution in [3.8, 4) is 17.6 Å². The normalized spacial score (nSPS) is 16.0. The van der Waals surface area contributed by atoms with Gasteiger partial charge in [-0.25, -0.2) is 10.2 Å². The van der Waals surface area contributed by atoms with Crippen molar-refractivity contribution in [3.63, 3.8) is 0 Å². The Bertz CT molecular complexity index is 1170. The molecular weight excluding hydrogens is 440 g/mol. The summed E-state index contributed by atoms with van der Waals surface area (Å²) in [4.78, 5) is 49.6. The van der Waals surface area contributed by atoms with Gasteiger partial charge in [0.1, 0.15) is 5.75 Å². The Hall–Kier alpha value is -4.43. The van der Waals surface area contributed by atoms with E-state index in [2.05, 4.69) is 43.6 Å². The smallest absolute Gasteiger partial charge is 0.323 e. The van der Waals surface area contributed by atoms with Gasteiger partial charge in [0, 0.05) is 37.6 Å². The molecule has 2 aromatic rings. The van der Waals surface area contributed by atoms with Crippen molar-refractivity contribution in [1.29, 1.82) is 0 Å². The highest BCUT2D eigenvalue weighted by atomic mass is 16.5. The lowest BCUT2D eigenvalue weighted by Gasteiger charge is -2.11. The Kier molecular flexibility index (Phi) is 8.69. The number of imide groups is 1. The molecule has 11 heteroatoms. The first kappa shape index (κ1) is 25.8. The van der Waals surface area contributed by atoms with Gasteiger partial charge in [-0.3, -0.25) is 30.1 Å². The lowest BCUT2D eigenvalue weighted by atomic mass is 10.0. The number of ether oxygens (including phenoxy) is 1. The number of pyridine rings is 1. The number of amides is 5. The van der Waals surface area contributed by atoms with Gasteiger partial charge in [-0.05, 0) is 37.6 Å². The van der Waals surface area contributed by atoms with E-state index in [1.807, 2.05) is 19.1 Å². The van der Waals surface area contributed by atoms with E-state index in [9.17, 15) is 19.2 Å². The molecule has 1 unspecified atom stereocenters. The Labute approximate surface area is 197 Å². The number of carbonyl (C=O) groups excluding carboxylic acids is 4. The summed E-state index contributed by atoms with van der Waals surface area (Å²) < 4.78 is 5.02. The SMILES string of the molecule is CNC(=O)c1cc(OC)ccc1C.CNNC(=O)c1cncc(C#CC2(C)NC(=O)NC2=O)c1. The first-order chi connectivity index (χ1) is 16.1. The summed E-state index contributed by atoms with van der Waals surface area (Å²) in [6.45, 7) is 3.38. The monoisotopic (exact) mass is 466 g/mol. The number of rotatable bonds is 4. The third kappa shape index (κ3) is 6.54. The highest BCUT2D eigenvalue weighted by molar-refractivity contribution is 6.08. The van der Waals surface area contributed by atoms with E-state index in [0.717, 1.165) is 5.56 Å². The molecule has 1 aromatic heterocycles. The molecular formula is C23H26N6O5. The maximum atomic E-state index is 11.6. The summed E-state index contributed by atoms with van der Waals surface area (Å²) in [6, 6.07) is 6.38. The van der Waals surface area contributed by atoms with Gasteiger partial charge in [0.05, 0.1) is 12.7 Å². The standard InChI is InChI=1S/C13H13N5O3.C10H13NO2/c1-13(11(20)16-12(21)17-13)4-3-8-5-9(7-15-6-8)10(19)18-14-2;1-7-4-5-8(13-3)6-9(7)10(12)11-2/h5-7,14H,1-2H3,(H,18,19)(H2,16,17,20,21);4-6H,1-3H3,(H,11,12). The van der Waals surface area contributed by atoms with Crippen LogP contribution in [-0.4, -0.2) is 55.5 Å². The van der Waals surface area contributed by atoms with Crippen LogP contribution < -0.4 is 31.5 Å². The molecule has 5 N–H and O–H groups in total. The molecule has 11 nitrogen and oxygen atoms in total. The predicted octanol–water partition coefficient (Wildman–Crippen LogP) is 0.259. The molecule has 0 bridgehead atoms. The number of aryl methyl sites for hydroxylation is 1. The van der Waals surface area contributed by atoms with Crippen molar-refractivity contribution >= 4 is 23.8 Å². The van der Waals surface area contributed by atoms with Crippen molar-refractivity contribution in [2.75, 3.05) is 21.2 Å². The zero-order chi connectivity index (χ0) is 25.3. The second-order valence-corrected chi connectivity index (χ2v) is 7.21. The number of hydrogen-bond acceptors (Lipinski definition) is 7. The zero-order valence-corrected chi connectivity index (χ0v) is 19.5. The van der Waals surface area contributed by atoms with E-state index >= 15 is 0 Å². The molecule has 0 spiro atoms. The molecule has 3 rings (SSSR count). The van der Waals surface area contributed by atoms with Crippen LogP contribution in [0.1, 0.15) is 38.8 Å². The van der Waals surface area contributed by atoms with Gasteiger partial charge >= 0.3 is 6.03 Å². The van der Waals surface area contributed by atoms with Crippen LogP contribution in [0.5, 0.6) is 5.75 Å². The molecule has 0 aliphatic carbocycles. The van der Waals surface area contributed by atoms with E-state index in [0.29, 0.717) is 22.4 Å². The lowest BCUT2D eigenvalue weighted by Crippen LogP contribution is -2.42. The fourth-order valence-electron chi connectivity index (χ4n) is 2.75. The van der Waals surface area contributed by atoms with Crippen LogP contribution in [0.15, 0.2) is 36.7 Å². The molecule has 1 aliphatic heterocycles. The molecule has 1 atom stereocenters. The molecule has 34 heavy (non-hydrogen) atoms. The average molecular weight is 466 g/mol. The number of carbonyl (C=O) groups is 4. The van der Waals surface area contributed by atoms with Gasteiger partial charge in [0.2, 0.25) is 0 Å². The summed E-state index contributed by atoms with van der Waals surface area (Å²) >= 11 is 0. The minimum absolute atomic E-state index is 0.0867. The summed E-state index contributed by atoms with van der Waals surface area (Å²) in [5.41, 5.74) is 6.00. The fraction of sp³-hybridized carbons (Fsp3) is 0.261. The number of hydrazine groups is 1. The number of hydrogen-bond donors (Lipinski definition) is 5. The third-order valence-electron chi connectivity index (χ3n) is 4.66. The Balaban J connectivity index is 0.000000270. The Morgan fingerprint density at radius 3 is 2.44 bits per heavy atom. The van der Waals surface area contributed by atoms with Crippen LogP contribution >= 0.6 is 0 Å². The van der Waals surface area contributed by atoms with Gasteiger partial charge in [-0.15, -0.1) is 0 Å². The number of urea groups is 1. The quantitative estimate of drug-likeness (QED) is 0.246. The third-order valence-corrected chi connectivity index (χ3v) is 4.66. The second kappa shape index (κ2) is 11.4. The first-order valence-corrected chi connectivity index (χ1v) is 10.1. The van der Waals surface area contributed by atoms with E-state index in [1.54, 1.807) is 27.3 Å². The Morgan fingerprint density at radius 2 is 1.85 bits per heavy atom. The van der Waals surface area contributed by atoms with E-state index in [-0.39, 0.29) is 11.8 Å². The topological polar surface area (TPSA) is 151 Å². The number of nitrogens with one attached hydrogen (secondary N) is 5. The van der Waals surface area contributed by atoms with Crippen molar-refractivity contribution in [2.24, 2.45) is 0 Å². The molecule has 1 aromatic carbocycles. The first-order valence-electron chi connectivity index (χ1n) is 10.1. The van der Waals surface area contributed by atoms with Crippen molar-refractivity contribution < 1.29 is 23.9 Å². The van der Waals surface area contributed by atoms with E-state index in [1.165, 1.54) is 25.4 Å². The van der Waals surface area contributed by atoms with Crippen molar-refractivity contribution in [3.05, 3.63) is 58.9 Å². The molecule has 5 amide bonds. The van der Waals surface area contributed by atoms with Gasteiger partial charge in [-0.2, -0.15) is 0 Å². The highest BCUT2D eigenvalue weighted by Gasteiger charge is 2.40. The maximum Gasteiger partial charge on any atom is 0.323 e. The summed E-state index contributed by atoms with van der Waals surface area (Å²) in [5, 5.41) is 7.11. The molecule has 1 fully saturated rings. The highest BCUT2D eigenvalue weighted by Crippen LogP contribution is 2.16. The molecule has 2 heterocycles. The van der Waals surface area contributed by atoms with Crippen molar-refractivity contribution in [1.82, 2.24) is 31.8 Å². The van der Waals surface area contributed by atoms with E-state index < -0.39 is 17.5 Å². The van der Waals surface area contributed by atoms with Crippen LogP contribution in [0.25, 0.3) is 0 Å². The van der Waals surface area contributed by atoms with Crippen LogP contribution in [-0.2, 0) is 4.79 Å². The summed E-state index contributed by atoms with van der Waals surface area (Å²) in [6.07, 6.45) is 2.85. The van der Waals surface area contributed by atoms with Crippen LogP contribution in [0, 0.1) is 18.8 Å². The minimum atomic E-state index is -1.29. The van der Waals surface area contributed by atoms with Crippen LogP contribution in [0.3, 0.4) is 0 Å². The molecule has 1 aliphatic rings. The average Bonchev–Trinajstić information content (AvgIpc) is 3.09. The van der Waals surface area contributed by atoms with Gasteiger partial charge in [-0.1, -0.05) is 17.9 Å². The van der Waals surface area contributed by atoms with Gasteiger partial charge in [0.15, 0.2) is 5.54 Å². The largest absolute Gasteiger partial charge is 0.497 e. The van der Waals surface area contributed by atoms with Gasteiger partial charge < -0.3 is 15.4 Å². The number of aromatic nitrogens is 1. The minimum Gasteiger partial charge on any atom is -0.497 e. The molecule has 0 radical (unpaired) electrons. The fourth-order valence-corrected chi connectivity index (χ4v) is 2.75. The van der Waals surface area contributed by atoms with E-state index in [4.69, 9.17) is 4.74 Å². The van der Waals surface area contributed by atoms with Crippen LogP contribution in [0.4, 0.5) is 4.79 Å². The molecule has 1 saturated heterocycles. The molecule has 0 saturated carbocycles. The van der Waals surface area contributed by atoms with Crippen LogP contribution in [0.2, 0.25) is 0 Å². The number of methoxy groups -OCH3 is 1. The summed E-state index contributed by atoms with van der Waals surface area (Å²) in [7, 11) is 4.76. The van der Waals surface area contributed by atoms with Gasteiger partial charge in [0.25, 0.3) is 17.7 Å². The Morgan fingerprint density at radius 1 is 1.12 bits per heavy atom.